The molecule has 2 aromatic rings. The number of alkyl halides is 3. The summed E-state index contributed by atoms with van der Waals surface area (Å²) in [6.45, 7) is -0.585. The minimum absolute atomic E-state index is 0.216. The summed E-state index contributed by atoms with van der Waals surface area (Å²) in [6.07, 6.45) is -2.48. The van der Waals surface area contributed by atoms with Gasteiger partial charge >= 0.3 is 12.3 Å². The molecule has 0 aromatic heterocycles. The van der Waals surface area contributed by atoms with E-state index in [1.165, 1.54) is 36.4 Å². The summed E-state index contributed by atoms with van der Waals surface area (Å²) in [5.74, 6) is -2.41. The average Bonchev–Trinajstić information content (AvgIpc) is 2.58. The Balaban J connectivity index is 1.80. The Morgan fingerprint density at radius 3 is 2.41 bits per heavy atom. The Morgan fingerprint density at radius 2 is 1.78 bits per heavy atom. The zero-order chi connectivity index (χ0) is 19.9. The lowest BCUT2D eigenvalue weighted by atomic mass is 10.2. The van der Waals surface area contributed by atoms with Gasteiger partial charge in [-0.15, -0.1) is 13.2 Å². The second-order valence-corrected chi connectivity index (χ2v) is 5.12. The molecule has 0 aliphatic rings. The Labute approximate surface area is 151 Å². The van der Waals surface area contributed by atoms with Gasteiger partial charge in [-0.05, 0) is 42.0 Å². The zero-order valence-electron chi connectivity index (χ0n) is 13.6. The fourth-order valence-electron chi connectivity index (χ4n) is 1.89. The maximum atomic E-state index is 13.0. The number of carbonyl (C=O) groups is 2. The number of carbonyl (C=O) groups excluding carboxylic acids is 2. The van der Waals surface area contributed by atoms with E-state index in [2.05, 4.69) is 10.1 Å². The van der Waals surface area contributed by atoms with Gasteiger partial charge in [-0.2, -0.15) is 0 Å². The molecule has 0 unspecified atom stereocenters. The first-order valence-electron chi connectivity index (χ1n) is 7.47. The summed E-state index contributed by atoms with van der Waals surface area (Å²) in [4.78, 5) is 23.2. The van der Waals surface area contributed by atoms with Crippen molar-refractivity contribution in [3.8, 4) is 5.75 Å². The molecule has 27 heavy (non-hydrogen) atoms. The third-order valence-electron chi connectivity index (χ3n) is 2.98. The summed E-state index contributed by atoms with van der Waals surface area (Å²) in [6, 6.07) is 9.98. The fourth-order valence-corrected chi connectivity index (χ4v) is 1.89. The maximum Gasteiger partial charge on any atom is 0.573 e. The summed E-state index contributed by atoms with van der Waals surface area (Å²) in [7, 11) is 0. The van der Waals surface area contributed by atoms with Crippen LogP contribution >= 0.6 is 0 Å². The van der Waals surface area contributed by atoms with Crippen LogP contribution in [-0.4, -0.2) is 24.8 Å². The lowest BCUT2D eigenvalue weighted by molar-refractivity contribution is -0.274. The molecule has 2 rings (SSSR count). The first kappa shape index (κ1) is 20.0. The van der Waals surface area contributed by atoms with E-state index in [-0.39, 0.29) is 5.69 Å². The predicted molar refractivity (Wildman–Crippen MR) is 88.1 cm³/mol. The molecular formula is C18H13F4NO4. The van der Waals surface area contributed by atoms with Gasteiger partial charge in [0.2, 0.25) is 0 Å². The number of halogens is 4. The zero-order valence-corrected chi connectivity index (χ0v) is 13.6. The second-order valence-electron chi connectivity index (χ2n) is 5.12. The van der Waals surface area contributed by atoms with Crippen molar-refractivity contribution in [3.05, 3.63) is 66.0 Å². The summed E-state index contributed by atoms with van der Waals surface area (Å²) in [5.41, 5.74) is 0.637. The van der Waals surface area contributed by atoms with E-state index in [1.807, 2.05) is 0 Å². The molecular weight excluding hydrogens is 370 g/mol. The number of hydrogen-bond acceptors (Lipinski definition) is 4. The number of ether oxygens (including phenoxy) is 2. The normalized spacial score (nSPS) is 11.3. The number of anilines is 1. The molecule has 0 spiro atoms. The number of esters is 1. The van der Waals surface area contributed by atoms with E-state index in [4.69, 9.17) is 4.74 Å². The quantitative estimate of drug-likeness (QED) is 0.467. The number of benzene rings is 2. The van der Waals surface area contributed by atoms with Gasteiger partial charge in [0.15, 0.2) is 6.61 Å². The van der Waals surface area contributed by atoms with Gasteiger partial charge < -0.3 is 14.8 Å². The molecule has 9 heteroatoms. The molecule has 0 saturated heterocycles. The van der Waals surface area contributed by atoms with Crippen molar-refractivity contribution in [2.75, 3.05) is 11.9 Å². The van der Waals surface area contributed by atoms with Gasteiger partial charge in [0.25, 0.3) is 5.91 Å². The molecule has 0 aliphatic heterocycles. The Kier molecular flexibility index (Phi) is 6.53. The van der Waals surface area contributed by atoms with Crippen LogP contribution < -0.4 is 10.1 Å². The Hall–Kier alpha value is -3.36. The van der Waals surface area contributed by atoms with Crippen LogP contribution in [0.25, 0.3) is 6.08 Å². The van der Waals surface area contributed by atoms with Crippen molar-refractivity contribution in [1.82, 2.24) is 0 Å². The molecule has 0 saturated carbocycles. The predicted octanol–water partition coefficient (Wildman–Crippen LogP) is 3.92. The summed E-state index contributed by atoms with van der Waals surface area (Å²) >= 11 is 0. The molecule has 0 fully saturated rings. The largest absolute Gasteiger partial charge is 0.573 e. The van der Waals surface area contributed by atoms with E-state index >= 15 is 0 Å². The minimum atomic E-state index is -4.78. The molecule has 0 atom stereocenters. The molecule has 0 radical (unpaired) electrons. The SMILES string of the molecule is O=C(COC(=O)/C=C/c1ccc(OC(F)(F)F)cc1)Nc1cccc(F)c1. The van der Waals surface area contributed by atoms with E-state index in [1.54, 1.807) is 0 Å². The smallest absolute Gasteiger partial charge is 0.452 e. The average molecular weight is 383 g/mol. The highest BCUT2D eigenvalue weighted by Gasteiger charge is 2.30. The molecule has 142 valence electrons. The first-order valence-corrected chi connectivity index (χ1v) is 7.47. The van der Waals surface area contributed by atoms with Gasteiger partial charge in [-0.3, -0.25) is 4.79 Å². The van der Waals surface area contributed by atoms with Crippen LogP contribution in [0.15, 0.2) is 54.6 Å². The third kappa shape index (κ3) is 7.59. The van der Waals surface area contributed by atoms with Crippen LogP contribution in [0.4, 0.5) is 23.2 Å². The van der Waals surface area contributed by atoms with Crippen molar-refractivity contribution in [2.24, 2.45) is 0 Å². The van der Waals surface area contributed by atoms with Gasteiger partial charge in [0.1, 0.15) is 11.6 Å². The summed E-state index contributed by atoms with van der Waals surface area (Å²) in [5, 5.41) is 2.35. The van der Waals surface area contributed by atoms with Gasteiger partial charge in [0, 0.05) is 11.8 Å². The van der Waals surface area contributed by atoms with Crippen molar-refractivity contribution in [3.63, 3.8) is 0 Å². The first-order chi connectivity index (χ1) is 12.7. The van der Waals surface area contributed by atoms with Crippen molar-refractivity contribution in [1.29, 1.82) is 0 Å². The fraction of sp³-hybridized carbons (Fsp3) is 0.111. The molecule has 5 nitrogen and oxygen atoms in total. The molecule has 1 N–H and O–H groups in total. The monoisotopic (exact) mass is 383 g/mol. The van der Waals surface area contributed by atoms with Crippen LogP contribution in [0.5, 0.6) is 5.75 Å². The van der Waals surface area contributed by atoms with Gasteiger partial charge in [-0.25, -0.2) is 9.18 Å². The second kappa shape index (κ2) is 8.84. The highest BCUT2D eigenvalue weighted by atomic mass is 19.4. The van der Waals surface area contributed by atoms with Gasteiger partial charge in [-0.1, -0.05) is 18.2 Å². The van der Waals surface area contributed by atoms with Gasteiger partial charge in [0.05, 0.1) is 0 Å². The van der Waals surface area contributed by atoms with Crippen LogP contribution in [0, 0.1) is 5.82 Å². The number of hydrogen-bond donors (Lipinski definition) is 1. The van der Waals surface area contributed by atoms with Crippen molar-refractivity contribution < 1.29 is 36.6 Å². The van der Waals surface area contributed by atoms with Crippen LogP contribution in [0.3, 0.4) is 0 Å². The van der Waals surface area contributed by atoms with Crippen molar-refractivity contribution >= 4 is 23.6 Å². The number of rotatable bonds is 6. The summed E-state index contributed by atoms with van der Waals surface area (Å²) < 4.78 is 57.6. The maximum absolute atomic E-state index is 13.0. The van der Waals surface area contributed by atoms with E-state index < -0.39 is 36.4 Å². The lowest BCUT2D eigenvalue weighted by Gasteiger charge is -2.08. The number of nitrogens with one attached hydrogen (secondary N) is 1. The van der Waals surface area contributed by atoms with Crippen LogP contribution in [0.1, 0.15) is 5.56 Å². The molecule has 1 amide bonds. The minimum Gasteiger partial charge on any atom is -0.452 e. The molecule has 2 aromatic carbocycles. The highest BCUT2D eigenvalue weighted by molar-refractivity contribution is 5.94. The van der Waals surface area contributed by atoms with E-state index in [0.717, 1.165) is 24.3 Å². The Bertz CT molecular complexity index is 832. The molecule has 0 heterocycles. The van der Waals surface area contributed by atoms with Crippen LogP contribution in [0.2, 0.25) is 0 Å². The van der Waals surface area contributed by atoms with E-state index in [0.29, 0.717) is 5.56 Å². The third-order valence-corrected chi connectivity index (χ3v) is 2.98. The lowest BCUT2D eigenvalue weighted by Crippen LogP contribution is -2.20. The van der Waals surface area contributed by atoms with Crippen LogP contribution in [-0.2, 0) is 14.3 Å². The molecule has 0 aliphatic carbocycles. The standard InChI is InChI=1S/C18H13F4NO4/c19-13-2-1-3-14(10-13)23-16(24)11-26-17(25)9-6-12-4-7-15(8-5-12)27-18(20,21)22/h1-10H,11H2,(H,23,24)/b9-6+. The Morgan fingerprint density at radius 1 is 1.07 bits per heavy atom. The van der Waals surface area contributed by atoms with Crippen molar-refractivity contribution in [2.45, 2.75) is 6.36 Å². The highest BCUT2D eigenvalue weighted by Crippen LogP contribution is 2.23. The molecule has 0 bridgehead atoms. The topological polar surface area (TPSA) is 64.6 Å². The number of amides is 1. The van der Waals surface area contributed by atoms with E-state index in [9.17, 15) is 27.2 Å².